The highest BCUT2D eigenvalue weighted by Crippen LogP contribution is 2.42. The van der Waals surface area contributed by atoms with E-state index in [1.165, 1.54) is 22.1 Å². The molecule has 3 rings (SSSR count). The number of anilines is 1. The van der Waals surface area contributed by atoms with Crippen molar-refractivity contribution in [2.75, 3.05) is 44.9 Å². The molecule has 1 aromatic rings. The molecule has 1 N–H and O–H groups in total. The maximum atomic E-state index is 13.7. The molecule has 184 valence electrons. The fourth-order valence-electron chi connectivity index (χ4n) is 4.40. The zero-order chi connectivity index (χ0) is 24.3. The van der Waals surface area contributed by atoms with E-state index in [1.807, 2.05) is 0 Å². The molecule has 2 aliphatic heterocycles. The molecular formula is C22H32FN3O5S2. The van der Waals surface area contributed by atoms with E-state index in [1.54, 1.807) is 19.4 Å². The molecule has 0 radical (unpaired) electrons. The van der Waals surface area contributed by atoms with Crippen LogP contribution in [0.25, 0.3) is 0 Å². The molecule has 33 heavy (non-hydrogen) atoms. The van der Waals surface area contributed by atoms with Crippen LogP contribution in [0.5, 0.6) is 5.75 Å². The van der Waals surface area contributed by atoms with Crippen LogP contribution in [0.1, 0.15) is 32.6 Å². The number of hydrogen-bond acceptors (Lipinski definition) is 7. The largest absolute Gasteiger partial charge is 0.476 e. The van der Waals surface area contributed by atoms with Gasteiger partial charge in [-0.3, -0.25) is 0 Å². The second-order valence-electron chi connectivity index (χ2n) is 8.53. The molecule has 1 fully saturated rings. The number of carboxylic acids is 1. The Balaban J connectivity index is 2.14. The van der Waals surface area contributed by atoms with Gasteiger partial charge in [-0.2, -0.15) is 8.70 Å². The highest BCUT2D eigenvalue weighted by atomic mass is 32.2. The molecule has 11 heteroatoms. The van der Waals surface area contributed by atoms with Gasteiger partial charge in [0, 0.05) is 38.3 Å². The summed E-state index contributed by atoms with van der Waals surface area (Å²) in [5.74, 6) is -3.12. The van der Waals surface area contributed by atoms with Gasteiger partial charge in [-0.05, 0) is 38.8 Å². The van der Waals surface area contributed by atoms with Gasteiger partial charge in [0.05, 0.1) is 10.6 Å². The van der Waals surface area contributed by atoms with E-state index < -0.39 is 21.8 Å². The van der Waals surface area contributed by atoms with Crippen LogP contribution in [0.15, 0.2) is 34.0 Å². The number of unbranched alkanes of at least 4 members (excludes halogenated alkanes) is 1. The van der Waals surface area contributed by atoms with Gasteiger partial charge in [0.25, 0.3) is 0 Å². The van der Waals surface area contributed by atoms with Gasteiger partial charge in [-0.25, -0.2) is 13.2 Å². The number of hydrogen-bond donors (Lipinski definition) is 1. The molecule has 1 aromatic carbocycles. The first-order valence-corrected chi connectivity index (χ1v) is 13.7. The van der Waals surface area contributed by atoms with Gasteiger partial charge in [0.15, 0.2) is 0 Å². The molecule has 0 aliphatic carbocycles. The average Bonchev–Trinajstić information content (AvgIpc) is 3.19. The van der Waals surface area contributed by atoms with E-state index >= 15 is 0 Å². The number of carbonyl (C=O) groups is 1. The first-order valence-electron chi connectivity index (χ1n) is 11.0. The summed E-state index contributed by atoms with van der Waals surface area (Å²) in [6.07, 6.45) is 5.87. The number of nitrogens with zero attached hydrogens (tertiary/aromatic N) is 3. The maximum Gasteiger partial charge on any atom is 0.368 e. The van der Waals surface area contributed by atoms with Crippen molar-refractivity contribution in [3.8, 4) is 5.75 Å². The van der Waals surface area contributed by atoms with Gasteiger partial charge >= 0.3 is 5.97 Å². The van der Waals surface area contributed by atoms with Crippen LogP contribution >= 0.6 is 11.8 Å². The molecular weight excluding hydrogens is 469 g/mol. The van der Waals surface area contributed by atoms with Gasteiger partial charge in [-0.15, -0.1) is 11.8 Å². The summed E-state index contributed by atoms with van der Waals surface area (Å²) in [7, 11) is -0.190. The third-order valence-corrected chi connectivity index (χ3v) is 9.02. The monoisotopic (exact) mass is 501 g/mol. The molecule has 0 unspecified atom stereocenters. The minimum absolute atomic E-state index is 0.0930. The molecule has 0 bridgehead atoms. The third kappa shape index (κ3) is 5.47. The van der Waals surface area contributed by atoms with Crippen molar-refractivity contribution in [2.45, 2.75) is 54.5 Å². The summed E-state index contributed by atoms with van der Waals surface area (Å²) >= 11 is 1.33. The number of likely N-dealkylation sites (tertiary alicyclic amines) is 1. The number of thioether (sulfide) groups is 1. The Bertz CT molecular complexity index is 1020. The van der Waals surface area contributed by atoms with Crippen LogP contribution in [-0.4, -0.2) is 80.8 Å². The van der Waals surface area contributed by atoms with Crippen molar-refractivity contribution in [2.24, 2.45) is 0 Å². The first-order chi connectivity index (χ1) is 15.6. The Labute approximate surface area is 199 Å². The maximum absolute atomic E-state index is 13.7. The quantitative estimate of drug-likeness (QED) is 0.329. The number of likely N-dealkylation sites (N-methyl/N-ethyl adjacent to an activating group) is 2. The molecule has 2 atom stereocenters. The lowest BCUT2D eigenvalue weighted by Gasteiger charge is -2.34. The molecule has 0 spiro atoms. The fourth-order valence-corrected chi connectivity index (χ4v) is 6.50. The highest BCUT2D eigenvalue weighted by molar-refractivity contribution is 7.98. The smallest absolute Gasteiger partial charge is 0.368 e. The fraction of sp³-hybridized carbons (Fsp3) is 0.591. The minimum atomic E-state index is -3.86. The summed E-state index contributed by atoms with van der Waals surface area (Å²) in [5, 5.41) is 8.77. The molecule has 0 amide bonds. The van der Waals surface area contributed by atoms with Crippen molar-refractivity contribution in [1.82, 2.24) is 9.21 Å². The number of fused-ring (bicyclic) bond motifs is 1. The van der Waals surface area contributed by atoms with E-state index in [9.17, 15) is 17.6 Å². The van der Waals surface area contributed by atoms with Crippen LogP contribution in [0.4, 0.5) is 10.1 Å². The summed E-state index contributed by atoms with van der Waals surface area (Å²) in [4.78, 5) is 15.9. The van der Waals surface area contributed by atoms with E-state index in [0.29, 0.717) is 23.4 Å². The van der Waals surface area contributed by atoms with Crippen LogP contribution in [-0.2, 0) is 14.8 Å². The lowest BCUT2D eigenvalue weighted by molar-refractivity contribution is -0.134. The number of rotatable bonds is 8. The SMILES string of the molecule is CCCC[C@H]1CN([C@@H]2CCN(C)C2)c2cc(SC)c(O/C=C(\F)C(=O)O)cc2S(=O)(=O)N1C. The number of ether oxygens (including phenoxy) is 1. The van der Waals surface area contributed by atoms with Crippen LogP contribution in [0, 0.1) is 0 Å². The van der Waals surface area contributed by atoms with Gasteiger partial charge < -0.3 is 19.6 Å². The average molecular weight is 502 g/mol. The normalized spacial score (nSPS) is 23.9. The molecule has 8 nitrogen and oxygen atoms in total. The number of sulfonamides is 1. The summed E-state index contributed by atoms with van der Waals surface area (Å²) < 4.78 is 47.6. The van der Waals surface area contributed by atoms with Crippen molar-refractivity contribution < 1.29 is 27.4 Å². The van der Waals surface area contributed by atoms with Crippen molar-refractivity contribution in [1.29, 1.82) is 0 Å². The number of aliphatic carboxylic acids is 1. The summed E-state index contributed by atoms with van der Waals surface area (Å²) in [6.45, 7) is 4.45. The standard InChI is InChI=1S/C22H32FN3O5S2/c1-5-6-7-15-13-26(16-8-9-24(2)12-16)18-10-20(32-4)19(31-14-17(23)22(27)28)11-21(18)33(29,30)25(15)3/h10-11,14-16H,5-9,12-13H2,1-4H3,(H,27,28)/b17-14-/t15-,16+/m0/s1. The van der Waals surface area contributed by atoms with Crippen LogP contribution < -0.4 is 9.64 Å². The predicted octanol–water partition coefficient (Wildman–Crippen LogP) is 3.39. The number of carboxylic acid groups (broad SMARTS) is 1. The lowest BCUT2D eigenvalue weighted by Crippen LogP contribution is -2.46. The Morgan fingerprint density at radius 1 is 1.33 bits per heavy atom. The van der Waals surface area contributed by atoms with Gasteiger partial charge in [-0.1, -0.05) is 19.8 Å². The Kier molecular flexibility index (Phi) is 8.31. The van der Waals surface area contributed by atoms with Gasteiger partial charge in [0.2, 0.25) is 15.9 Å². The van der Waals surface area contributed by atoms with Crippen molar-refractivity contribution in [3.63, 3.8) is 0 Å². The van der Waals surface area contributed by atoms with E-state index in [0.717, 1.165) is 38.8 Å². The number of benzene rings is 1. The second kappa shape index (κ2) is 10.6. The zero-order valence-electron chi connectivity index (χ0n) is 19.5. The summed E-state index contributed by atoms with van der Waals surface area (Å²) in [6, 6.07) is 3.16. The molecule has 2 aliphatic rings. The Hall–Kier alpha value is -1.82. The van der Waals surface area contributed by atoms with E-state index in [2.05, 4.69) is 23.8 Å². The Morgan fingerprint density at radius 3 is 2.64 bits per heavy atom. The summed E-state index contributed by atoms with van der Waals surface area (Å²) in [5.41, 5.74) is 0.612. The lowest BCUT2D eigenvalue weighted by atomic mass is 10.1. The molecule has 0 aromatic heterocycles. The van der Waals surface area contributed by atoms with Crippen LogP contribution in [0.2, 0.25) is 0 Å². The predicted molar refractivity (Wildman–Crippen MR) is 127 cm³/mol. The molecule has 1 saturated heterocycles. The van der Waals surface area contributed by atoms with E-state index in [4.69, 9.17) is 9.84 Å². The van der Waals surface area contributed by atoms with Gasteiger partial charge in [0.1, 0.15) is 16.9 Å². The highest BCUT2D eigenvalue weighted by Gasteiger charge is 2.40. The topological polar surface area (TPSA) is 90.4 Å². The van der Waals surface area contributed by atoms with Crippen molar-refractivity contribution >= 4 is 33.4 Å². The Morgan fingerprint density at radius 2 is 2.06 bits per heavy atom. The van der Waals surface area contributed by atoms with Crippen molar-refractivity contribution in [3.05, 3.63) is 24.2 Å². The minimum Gasteiger partial charge on any atom is -0.476 e. The van der Waals surface area contributed by atoms with E-state index in [-0.39, 0.29) is 22.7 Å². The first kappa shape index (κ1) is 25.8. The third-order valence-electron chi connectivity index (χ3n) is 6.33. The molecule has 0 saturated carbocycles. The number of halogens is 1. The second-order valence-corrected chi connectivity index (χ2v) is 11.3. The zero-order valence-corrected chi connectivity index (χ0v) is 21.1. The molecule has 2 heterocycles. The van der Waals surface area contributed by atoms with Crippen LogP contribution in [0.3, 0.4) is 0 Å².